The maximum absolute atomic E-state index is 12.4. The van der Waals surface area contributed by atoms with Crippen molar-refractivity contribution in [3.8, 4) is 0 Å². The van der Waals surface area contributed by atoms with Crippen LogP contribution in [0.1, 0.15) is 16.1 Å². The number of carbonyl (C=O) groups is 1. The Morgan fingerprint density at radius 1 is 1.22 bits per heavy atom. The maximum Gasteiger partial charge on any atom is 0.253 e. The third kappa shape index (κ3) is 2.70. The molecule has 1 fully saturated rings. The molecule has 1 saturated heterocycles. The summed E-state index contributed by atoms with van der Waals surface area (Å²) >= 11 is 5.86. The van der Waals surface area contributed by atoms with Gasteiger partial charge in [-0.2, -0.15) is 0 Å². The molecule has 116 valence electrons. The summed E-state index contributed by atoms with van der Waals surface area (Å²) in [6.45, 7) is 1.56. The van der Waals surface area contributed by atoms with Crippen LogP contribution in [0.5, 0.6) is 0 Å². The van der Waals surface area contributed by atoms with Gasteiger partial charge in [-0.05, 0) is 48.7 Å². The van der Waals surface area contributed by atoms with Crippen LogP contribution in [0, 0.1) is 5.92 Å². The molecule has 4 rings (SSSR count). The van der Waals surface area contributed by atoms with Gasteiger partial charge < -0.3 is 9.88 Å². The van der Waals surface area contributed by atoms with Gasteiger partial charge in [0.2, 0.25) is 0 Å². The monoisotopic (exact) mass is 325 g/mol. The van der Waals surface area contributed by atoms with Crippen LogP contribution in [0.2, 0.25) is 5.02 Å². The standard InChI is InChI=1S/C18H16ClN3O/c19-15-3-1-14(2-4-15)18(23)22-10-12(11-22)9-16-17-13(5-7-20-16)6-8-21-17/h1-8,12,21H,9-11H2. The number of aromatic amines is 1. The molecule has 2 aromatic heterocycles. The second-order valence-corrected chi connectivity index (χ2v) is 6.42. The number of nitrogens with zero attached hydrogens (tertiary/aromatic N) is 2. The summed E-state index contributed by atoms with van der Waals surface area (Å²) in [5.41, 5.74) is 2.88. The maximum atomic E-state index is 12.4. The summed E-state index contributed by atoms with van der Waals surface area (Å²) in [7, 11) is 0. The van der Waals surface area contributed by atoms with E-state index in [1.54, 1.807) is 24.3 Å². The van der Waals surface area contributed by atoms with Crippen molar-refractivity contribution < 1.29 is 4.79 Å². The molecule has 0 atom stereocenters. The van der Waals surface area contributed by atoms with Crippen molar-refractivity contribution in [3.05, 3.63) is 65.1 Å². The van der Waals surface area contributed by atoms with Crippen molar-refractivity contribution in [2.45, 2.75) is 6.42 Å². The average molecular weight is 326 g/mol. The third-order valence-corrected chi connectivity index (χ3v) is 4.62. The van der Waals surface area contributed by atoms with E-state index in [2.05, 4.69) is 16.0 Å². The number of hydrogen-bond acceptors (Lipinski definition) is 2. The van der Waals surface area contributed by atoms with Crippen molar-refractivity contribution in [2.24, 2.45) is 5.92 Å². The van der Waals surface area contributed by atoms with E-state index in [0.717, 1.165) is 30.7 Å². The molecular weight excluding hydrogens is 310 g/mol. The quantitative estimate of drug-likeness (QED) is 0.801. The summed E-state index contributed by atoms with van der Waals surface area (Å²) < 4.78 is 0. The number of benzene rings is 1. The van der Waals surface area contributed by atoms with Crippen molar-refractivity contribution in [3.63, 3.8) is 0 Å². The number of hydrogen-bond donors (Lipinski definition) is 1. The number of aromatic nitrogens is 2. The highest BCUT2D eigenvalue weighted by atomic mass is 35.5. The van der Waals surface area contributed by atoms with E-state index in [1.165, 1.54) is 5.39 Å². The number of amides is 1. The molecule has 1 aliphatic rings. The van der Waals surface area contributed by atoms with Gasteiger partial charge in [-0.1, -0.05) is 11.6 Å². The number of halogens is 1. The molecule has 23 heavy (non-hydrogen) atoms. The summed E-state index contributed by atoms with van der Waals surface area (Å²) in [4.78, 5) is 22.0. The fourth-order valence-corrected chi connectivity index (χ4v) is 3.24. The first-order chi connectivity index (χ1) is 11.2. The number of rotatable bonds is 3. The number of H-pyrrole nitrogens is 1. The van der Waals surface area contributed by atoms with Crippen molar-refractivity contribution in [2.75, 3.05) is 13.1 Å². The Labute approximate surface area is 139 Å². The Morgan fingerprint density at radius 2 is 2.00 bits per heavy atom. The Hall–Kier alpha value is -2.33. The molecule has 1 aromatic carbocycles. The predicted molar refractivity (Wildman–Crippen MR) is 90.6 cm³/mol. The minimum atomic E-state index is 0.0731. The normalized spacial score (nSPS) is 14.9. The highest BCUT2D eigenvalue weighted by Gasteiger charge is 2.31. The summed E-state index contributed by atoms with van der Waals surface area (Å²) in [5, 5.41) is 1.83. The van der Waals surface area contributed by atoms with Crippen LogP contribution in [0.3, 0.4) is 0 Å². The molecule has 3 aromatic rings. The van der Waals surface area contributed by atoms with E-state index in [4.69, 9.17) is 11.6 Å². The van der Waals surface area contributed by atoms with E-state index in [1.807, 2.05) is 23.4 Å². The molecular formula is C18H16ClN3O. The van der Waals surface area contributed by atoms with Crippen molar-refractivity contribution in [1.29, 1.82) is 0 Å². The Kier molecular flexibility index (Phi) is 3.54. The lowest BCUT2D eigenvalue weighted by molar-refractivity contribution is 0.0500. The van der Waals surface area contributed by atoms with Crippen LogP contribution < -0.4 is 0 Å². The van der Waals surface area contributed by atoms with Gasteiger partial charge in [-0.25, -0.2) is 0 Å². The minimum absolute atomic E-state index is 0.0731. The fraction of sp³-hybridized carbons (Fsp3) is 0.222. The van der Waals surface area contributed by atoms with Gasteiger partial charge in [-0.3, -0.25) is 9.78 Å². The van der Waals surface area contributed by atoms with Gasteiger partial charge in [0.15, 0.2) is 0 Å². The van der Waals surface area contributed by atoms with Crippen LogP contribution in [0.25, 0.3) is 10.9 Å². The number of fused-ring (bicyclic) bond motifs is 1. The van der Waals surface area contributed by atoms with E-state index in [0.29, 0.717) is 16.5 Å². The SMILES string of the molecule is O=C(c1ccc(Cl)cc1)N1CC(Cc2nccc3cc[nH]c23)C1. The average Bonchev–Trinajstić information content (AvgIpc) is 3.00. The van der Waals surface area contributed by atoms with Gasteiger partial charge in [0, 0.05) is 41.5 Å². The lowest BCUT2D eigenvalue weighted by atomic mass is 9.93. The first kappa shape index (κ1) is 14.3. The third-order valence-electron chi connectivity index (χ3n) is 4.37. The Balaban J connectivity index is 1.41. The molecule has 3 heterocycles. The number of likely N-dealkylation sites (tertiary alicyclic amines) is 1. The lowest BCUT2D eigenvalue weighted by Gasteiger charge is -2.39. The molecule has 1 amide bonds. The van der Waals surface area contributed by atoms with E-state index >= 15 is 0 Å². The predicted octanol–water partition coefficient (Wildman–Crippen LogP) is 3.53. The zero-order chi connectivity index (χ0) is 15.8. The van der Waals surface area contributed by atoms with Gasteiger partial charge >= 0.3 is 0 Å². The lowest BCUT2D eigenvalue weighted by Crippen LogP contribution is -2.50. The highest BCUT2D eigenvalue weighted by molar-refractivity contribution is 6.30. The number of pyridine rings is 1. The summed E-state index contributed by atoms with van der Waals surface area (Å²) in [6.07, 6.45) is 4.68. The largest absolute Gasteiger partial charge is 0.360 e. The summed E-state index contributed by atoms with van der Waals surface area (Å²) in [6, 6.07) is 11.1. The molecule has 0 saturated carbocycles. The van der Waals surface area contributed by atoms with Gasteiger partial charge in [0.05, 0.1) is 11.2 Å². The molecule has 0 radical (unpaired) electrons. The first-order valence-electron chi connectivity index (χ1n) is 7.66. The molecule has 0 spiro atoms. The van der Waals surface area contributed by atoms with Gasteiger partial charge in [-0.15, -0.1) is 0 Å². The fourth-order valence-electron chi connectivity index (χ4n) is 3.11. The molecule has 0 unspecified atom stereocenters. The van der Waals surface area contributed by atoms with E-state index in [9.17, 15) is 4.79 Å². The highest BCUT2D eigenvalue weighted by Crippen LogP contribution is 2.25. The molecule has 0 aliphatic carbocycles. The van der Waals surface area contributed by atoms with Gasteiger partial charge in [0.25, 0.3) is 5.91 Å². The van der Waals surface area contributed by atoms with Gasteiger partial charge in [0.1, 0.15) is 0 Å². The Morgan fingerprint density at radius 3 is 2.78 bits per heavy atom. The summed E-state index contributed by atoms with van der Waals surface area (Å²) in [5.74, 6) is 0.539. The van der Waals surface area contributed by atoms with Crippen LogP contribution in [-0.2, 0) is 6.42 Å². The topological polar surface area (TPSA) is 49.0 Å². The molecule has 0 bridgehead atoms. The molecule has 4 nitrogen and oxygen atoms in total. The van der Waals surface area contributed by atoms with Crippen molar-refractivity contribution in [1.82, 2.24) is 14.9 Å². The first-order valence-corrected chi connectivity index (χ1v) is 8.04. The molecule has 1 N–H and O–H groups in total. The smallest absolute Gasteiger partial charge is 0.253 e. The van der Waals surface area contributed by atoms with Crippen LogP contribution in [-0.4, -0.2) is 33.9 Å². The number of nitrogens with one attached hydrogen (secondary N) is 1. The molecule has 5 heteroatoms. The zero-order valence-electron chi connectivity index (χ0n) is 12.5. The van der Waals surface area contributed by atoms with Crippen molar-refractivity contribution >= 4 is 28.4 Å². The van der Waals surface area contributed by atoms with E-state index < -0.39 is 0 Å². The van der Waals surface area contributed by atoms with Crippen LogP contribution >= 0.6 is 11.6 Å². The molecule has 1 aliphatic heterocycles. The number of carbonyl (C=O) groups excluding carboxylic acids is 1. The second kappa shape index (κ2) is 5.70. The minimum Gasteiger partial charge on any atom is -0.360 e. The van der Waals surface area contributed by atoms with Crippen LogP contribution in [0.4, 0.5) is 0 Å². The Bertz CT molecular complexity index is 850. The van der Waals surface area contributed by atoms with Crippen LogP contribution in [0.15, 0.2) is 48.8 Å². The second-order valence-electron chi connectivity index (χ2n) is 5.99. The van der Waals surface area contributed by atoms with E-state index in [-0.39, 0.29) is 5.91 Å². The zero-order valence-corrected chi connectivity index (χ0v) is 13.3.